The van der Waals surface area contributed by atoms with E-state index in [0.29, 0.717) is 12.6 Å². The summed E-state index contributed by atoms with van der Waals surface area (Å²) in [6, 6.07) is 0.641. The standard InChI is InChI=1S/C14H25N3OS/c1-4-11-7-5-6-8-12(11)17(2)14-15-13(16-19-14)9-10-18-3/h11-12H,4-10H2,1-3H3. The van der Waals surface area contributed by atoms with Crippen molar-refractivity contribution in [3.8, 4) is 0 Å². The van der Waals surface area contributed by atoms with Gasteiger partial charge in [0.2, 0.25) is 5.13 Å². The fourth-order valence-electron chi connectivity index (χ4n) is 3.00. The molecule has 0 radical (unpaired) electrons. The minimum atomic E-state index is 0.641. The first kappa shape index (κ1) is 14.7. The van der Waals surface area contributed by atoms with Crippen molar-refractivity contribution in [3.63, 3.8) is 0 Å². The summed E-state index contributed by atoms with van der Waals surface area (Å²) in [5.74, 6) is 1.72. The van der Waals surface area contributed by atoms with E-state index in [1.807, 2.05) is 0 Å². The molecule has 1 aromatic heterocycles. The van der Waals surface area contributed by atoms with Gasteiger partial charge in [-0.2, -0.15) is 4.37 Å². The van der Waals surface area contributed by atoms with Gasteiger partial charge >= 0.3 is 0 Å². The monoisotopic (exact) mass is 283 g/mol. The number of rotatable bonds is 6. The highest BCUT2D eigenvalue weighted by Gasteiger charge is 2.28. The van der Waals surface area contributed by atoms with Gasteiger partial charge in [-0.15, -0.1) is 0 Å². The molecule has 0 aliphatic heterocycles. The first-order valence-corrected chi connectivity index (χ1v) is 8.08. The largest absolute Gasteiger partial charge is 0.384 e. The van der Waals surface area contributed by atoms with Gasteiger partial charge in [0.25, 0.3) is 0 Å². The fourth-order valence-corrected chi connectivity index (χ4v) is 3.73. The molecule has 0 aromatic carbocycles. The van der Waals surface area contributed by atoms with E-state index in [4.69, 9.17) is 4.74 Å². The normalized spacial score (nSPS) is 23.5. The SMILES string of the molecule is CCC1CCCCC1N(C)c1nc(CCOC)ns1. The van der Waals surface area contributed by atoms with Crippen molar-refractivity contribution in [1.82, 2.24) is 9.36 Å². The van der Waals surface area contributed by atoms with E-state index in [1.165, 1.54) is 43.6 Å². The second-order valence-corrected chi connectivity index (χ2v) is 6.10. The van der Waals surface area contributed by atoms with E-state index in [2.05, 4.69) is 28.2 Å². The second kappa shape index (κ2) is 7.20. The van der Waals surface area contributed by atoms with Gasteiger partial charge < -0.3 is 9.64 Å². The molecule has 0 spiro atoms. The third-order valence-corrected chi connectivity index (χ3v) is 5.02. The number of aromatic nitrogens is 2. The molecule has 1 aromatic rings. The summed E-state index contributed by atoms with van der Waals surface area (Å²) in [5.41, 5.74) is 0. The van der Waals surface area contributed by atoms with Crippen LogP contribution in [0.4, 0.5) is 5.13 Å². The number of hydrogen-bond acceptors (Lipinski definition) is 5. The van der Waals surface area contributed by atoms with Crippen molar-refractivity contribution in [1.29, 1.82) is 0 Å². The zero-order valence-corrected chi connectivity index (χ0v) is 13.1. The van der Waals surface area contributed by atoms with Crippen LogP contribution in [-0.4, -0.2) is 36.2 Å². The minimum Gasteiger partial charge on any atom is -0.384 e. The summed E-state index contributed by atoms with van der Waals surface area (Å²) in [5, 5.41) is 1.07. The van der Waals surface area contributed by atoms with Gasteiger partial charge in [-0.05, 0) is 18.8 Å². The highest BCUT2D eigenvalue weighted by Crippen LogP contribution is 2.33. The molecular weight excluding hydrogens is 258 g/mol. The number of ether oxygens (including phenoxy) is 1. The van der Waals surface area contributed by atoms with Crippen molar-refractivity contribution < 1.29 is 4.74 Å². The summed E-state index contributed by atoms with van der Waals surface area (Å²) in [6.07, 6.45) is 7.47. The molecular formula is C14H25N3OS. The molecule has 5 heteroatoms. The van der Waals surface area contributed by atoms with E-state index < -0.39 is 0 Å². The third-order valence-electron chi connectivity index (χ3n) is 4.18. The lowest BCUT2D eigenvalue weighted by molar-refractivity contribution is 0.201. The van der Waals surface area contributed by atoms with Crippen LogP contribution in [0, 0.1) is 5.92 Å². The molecule has 4 nitrogen and oxygen atoms in total. The van der Waals surface area contributed by atoms with Crippen molar-refractivity contribution in [2.75, 3.05) is 25.7 Å². The molecule has 1 aliphatic rings. The lowest BCUT2D eigenvalue weighted by Gasteiger charge is -2.37. The van der Waals surface area contributed by atoms with Gasteiger partial charge in [0.15, 0.2) is 0 Å². The topological polar surface area (TPSA) is 38.2 Å². The number of methoxy groups -OCH3 is 1. The summed E-state index contributed by atoms with van der Waals surface area (Å²) < 4.78 is 9.51. The van der Waals surface area contributed by atoms with Gasteiger partial charge in [0.05, 0.1) is 6.61 Å². The maximum atomic E-state index is 5.08. The summed E-state index contributed by atoms with van der Waals surface area (Å²) >= 11 is 1.52. The average Bonchev–Trinajstić information content (AvgIpc) is 2.93. The Morgan fingerprint density at radius 3 is 2.89 bits per heavy atom. The van der Waals surface area contributed by atoms with E-state index >= 15 is 0 Å². The Bertz CT molecular complexity index is 383. The quantitative estimate of drug-likeness (QED) is 0.804. The molecule has 2 unspecified atom stereocenters. The number of nitrogens with zero attached hydrogens (tertiary/aromatic N) is 3. The van der Waals surface area contributed by atoms with E-state index in [0.717, 1.165) is 23.3 Å². The predicted octanol–water partition coefficient (Wildman–Crippen LogP) is 3.13. The molecule has 1 saturated carbocycles. The highest BCUT2D eigenvalue weighted by molar-refractivity contribution is 7.09. The maximum Gasteiger partial charge on any atom is 0.205 e. The number of hydrogen-bond donors (Lipinski definition) is 0. The molecule has 2 atom stereocenters. The van der Waals surface area contributed by atoms with Crippen LogP contribution >= 0.6 is 11.5 Å². The Labute approximate surface area is 120 Å². The van der Waals surface area contributed by atoms with Crippen LogP contribution in [-0.2, 0) is 11.2 Å². The third kappa shape index (κ3) is 3.66. The highest BCUT2D eigenvalue weighted by atomic mass is 32.1. The first-order valence-electron chi connectivity index (χ1n) is 7.30. The molecule has 0 saturated heterocycles. The molecule has 0 amide bonds. The second-order valence-electron chi connectivity index (χ2n) is 5.37. The van der Waals surface area contributed by atoms with Crippen LogP contribution in [0.15, 0.2) is 0 Å². The van der Waals surface area contributed by atoms with Crippen molar-refractivity contribution in [2.45, 2.75) is 51.5 Å². The van der Waals surface area contributed by atoms with Crippen LogP contribution in [0.2, 0.25) is 0 Å². The van der Waals surface area contributed by atoms with Crippen LogP contribution in [0.3, 0.4) is 0 Å². The molecule has 0 bridgehead atoms. The minimum absolute atomic E-state index is 0.641. The predicted molar refractivity (Wildman–Crippen MR) is 79.9 cm³/mol. The van der Waals surface area contributed by atoms with Crippen LogP contribution < -0.4 is 4.90 Å². The lowest BCUT2D eigenvalue weighted by atomic mass is 9.82. The zero-order chi connectivity index (χ0) is 13.7. The van der Waals surface area contributed by atoms with Crippen LogP contribution in [0.5, 0.6) is 0 Å². The summed E-state index contributed by atoms with van der Waals surface area (Å²) in [7, 11) is 3.90. The fraction of sp³-hybridized carbons (Fsp3) is 0.857. The van der Waals surface area contributed by atoms with Crippen LogP contribution in [0.25, 0.3) is 0 Å². The van der Waals surface area contributed by atoms with Crippen molar-refractivity contribution in [3.05, 3.63) is 5.82 Å². The molecule has 1 heterocycles. The Kier molecular flexibility index (Phi) is 5.58. The smallest absolute Gasteiger partial charge is 0.205 e. The molecule has 108 valence electrons. The van der Waals surface area contributed by atoms with E-state index in [9.17, 15) is 0 Å². The molecule has 19 heavy (non-hydrogen) atoms. The molecule has 1 aliphatic carbocycles. The molecule has 1 fully saturated rings. The Morgan fingerprint density at radius 1 is 1.37 bits per heavy atom. The zero-order valence-electron chi connectivity index (χ0n) is 12.3. The van der Waals surface area contributed by atoms with E-state index in [1.54, 1.807) is 7.11 Å². The molecule has 2 rings (SSSR count). The van der Waals surface area contributed by atoms with Gasteiger partial charge in [0.1, 0.15) is 5.82 Å². The number of anilines is 1. The maximum absolute atomic E-state index is 5.08. The molecule has 0 N–H and O–H groups in total. The Morgan fingerprint density at radius 2 is 2.16 bits per heavy atom. The Hall–Kier alpha value is -0.680. The van der Waals surface area contributed by atoms with Crippen molar-refractivity contribution >= 4 is 16.7 Å². The Balaban J connectivity index is 2.01. The lowest BCUT2D eigenvalue weighted by Crippen LogP contribution is -2.39. The van der Waals surface area contributed by atoms with Crippen LogP contribution in [0.1, 0.15) is 44.9 Å². The van der Waals surface area contributed by atoms with Gasteiger partial charge in [-0.1, -0.05) is 26.2 Å². The van der Waals surface area contributed by atoms with E-state index in [-0.39, 0.29) is 0 Å². The summed E-state index contributed by atoms with van der Waals surface area (Å²) in [4.78, 5) is 7.01. The van der Waals surface area contributed by atoms with Gasteiger partial charge in [0, 0.05) is 38.2 Å². The van der Waals surface area contributed by atoms with Gasteiger partial charge in [-0.25, -0.2) is 4.98 Å². The van der Waals surface area contributed by atoms with Gasteiger partial charge in [-0.3, -0.25) is 0 Å². The van der Waals surface area contributed by atoms with Crippen molar-refractivity contribution in [2.24, 2.45) is 5.92 Å². The summed E-state index contributed by atoms with van der Waals surface area (Å²) in [6.45, 7) is 3.00. The first-order chi connectivity index (χ1) is 9.26. The average molecular weight is 283 g/mol.